The lowest BCUT2D eigenvalue weighted by Gasteiger charge is -2.03. The molecule has 0 fully saturated rings. The second-order valence-corrected chi connectivity index (χ2v) is 2.76. The van der Waals surface area contributed by atoms with E-state index in [4.69, 9.17) is 0 Å². The third-order valence-corrected chi connectivity index (χ3v) is 1.67. The summed E-state index contributed by atoms with van der Waals surface area (Å²) in [5.74, 6) is -1.66. The number of nitrogens with one attached hydrogen (secondary N) is 1. The van der Waals surface area contributed by atoms with Gasteiger partial charge >= 0.3 is 5.97 Å². The van der Waals surface area contributed by atoms with Crippen molar-refractivity contribution in [1.29, 1.82) is 0 Å². The van der Waals surface area contributed by atoms with Gasteiger partial charge in [-0.3, -0.25) is 4.79 Å². The molecule has 1 aromatic rings. The van der Waals surface area contributed by atoms with Crippen LogP contribution in [0.3, 0.4) is 0 Å². The van der Waals surface area contributed by atoms with E-state index in [1.165, 1.54) is 25.2 Å². The van der Waals surface area contributed by atoms with Crippen LogP contribution < -0.4 is 5.32 Å². The Bertz CT molecular complexity index is 379. The summed E-state index contributed by atoms with van der Waals surface area (Å²) in [4.78, 5) is 22.0. The number of amides is 1. The van der Waals surface area contributed by atoms with Crippen LogP contribution in [0.2, 0.25) is 0 Å². The van der Waals surface area contributed by atoms with Gasteiger partial charge in [0.05, 0.1) is 5.56 Å². The smallest absolute Gasteiger partial charge is 0.338 e. The molecular formula is C10H10FNO3. The molecule has 0 aliphatic heterocycles. The molecule has 1 rings (SSSR count). The lowest BCUT2D eigenvalue weighted by Crippen LogP contribution is -2.25. The van der Waals surface area contributed by atoms with Crippen molar-refractivity contribution in [3.05, 3.63) is 35.6 Å². The zero-order chi connectivity index (χ0) is 11.3. The molecule has 1 N–H and O–H groups in total. The maximum atomic E-state index is 12.7. The average Bonchev–Trinajstić information content (AvgIpc) is 2.25. The number of halogens is 1. The lowest BCUT2D eigenvalue weighted by molar-refractivity contribution is -0.123. The average molecular weight is 211 g/mol. The quantitative estimate of drug-likeness (QED) is 0.750. The number of likely N-dealkylation sites (N-methyl/N-ethyl adjacent to an activating group) is 1. The van der Waals surface area contributed by atoms with Crippen LogP contribution in [0.4, 0.5) is 4.39 Å². The minimum atomic E-state index is -0.724. The molecule has 0 bridgehead atoms. The Labute approximate surface area is 86.0 Å². The number of benzene rings is 1. The molecule has 4 nitrogen and oxygen atoms in total. The minimum absolute atomic E-state index is 0.0823. The molecule has 0 aliphatic rings. The van der Waals surface area contributed by atoms with Gasteiger partial charge in [-0.2, -0.15) is 0 Å². The maximum absolute atomic E-state index is 12.7. The summed E-state index contributed by atoms with van der Waals surface area (Å²) in [6.45, 7) is -0.369. The van der Waals surface area contributed by atoms with E-state index in [0.29, 0.717) is 0 Å². The number of carbonyl (C=O) groups excluding carboxylic acids is 2. The van der Waals surface area contributed by atoms with E-state index in [2.05, 4.69) is 10.1 Å². The summed E-state index contributed by atoms with van der Waals surface area (Å²) in [7, 11) is 1.43. The predicted octanol–water partition coefficient (Wildman–Crippen LogP) is 0.728. The number of ether oxygens (including phenoxy) is 1. The van der Waals surface area contributed by atoms with Gasteiger partial charge in [-0.05, 0) is 18.2 Å². The fourth-order valence-corrected chi connectivity index (χ4v) is 0.902. The van der Waals surface area contributed by atoms with Crippen molar-refractivity contribution in [3.63, 3.8) is 0 Å². The highest BCUT2D eigenvalue weighted by molar-refractivity contribution is 5.91. The Kier molecular flexibility index (Phi) is 3.79. The molecule has 0 aliphatic carbocycles. The number of esters is 1. The first-order valence-electron chi connectivity index (χ1n) is 4.26. The van der Waals surface area contributed by atoms with Gasteiger partial charge in [-0.15, -0.1) is 0 Å². The molecule has 0 heterocycles. The van der Waals surface area contributed by atoms with Crippen LogP contribution in [-0.2, 0) is 9.53 Å². The molecule has 5 heteroatoms. The standard InChI is InChI=1S/C10H10FNO3/c1-12-9(13)6-15-10(14)7-3-2-4-8(11)5-7/h2-5H,6H2,1H3,(H,12,13). The van der Waals surface area contributed by atoms with Crippen molar-refractivity contribution in [3.8, 4) is 0 Å². The van der Waals surface area contributed by atoms with Gasteiger partial charge in [0.2, 0.25) is 0 Å². The predicted molar refractivity (Wildman–Crippen MR) is 50.7 cm³/mol. The number of hydrogen-bond acceptors (Lipinski definition) is 3. The van der Waals surface area contributed by atoms with Crippen molar-refractivity contribution in [2.45, 2.75) is 0 Å². The molecule has 80 valence electrons. The van der Waals surface area contributed by atoms with Crippen molar-refractivity contribution >= 4 is 11.9 Å². The van der Waals surface area contributed by atoms with Crippen LogP contribution in [0.5, 0.6) is 0 Å². The van der Waals surface area contributed by atoms with Crippen LogP contribution in [0.25, 0.3) is 0 Å². The van der Waals surface area contributed by atoms with Crippen LogP contribution >= 0.6 is 0 Å². The Morgan fingerprint density at radius 1 is 1.47 bits per heavy atom. The van der Waals surface area contributed by atoms with E-state index >= 15 is 0 Å². The molecule has 1 amide bonds. The van der Waals surface area contributed by atoms with E-state index in [1.54, 1.807) is 0 Å². The molecule has 0 unspecified atom stereocenters. The van der Waals surface area contributed by atoms with Crippen molar-refractivity contribution in [1.82, 2.24) is 5.32 Å². The fourth-order valence-electron chi connectivity index (χ4n) is 0.902. The molecule has 0 radical (unpaired) electrons. The highest BCUT2D eigenvalue weighted by Crippen LogP contribution is 2.04. The minimum Gasteiger partial charge on any atom is -0.452 e. The summed E-state index contributed by atoms with van der Waals surface area (Å²) in [6.07, 6.45) is 0. The van der Waals surface area contributed by atoms with Gasteiger partial charge in [-0.25, -0.2) is 9.18 Å². The Hall–Kier alpha value is -1.91. The maximum Gasteiger partial charge on any atom is 0.338 e. The van der Waals surface area contributed by atoms with E-state index in [9.17, 15) is 14.0 Å². The number of carbonyl (C=O) groups is 2. The normalized spacial score (nSPS) is 9.47. The number of rotatable bonds is 3. The zero-order valence-corrected chi connectivity index (χ0v) is 8.12. The van der Waals surface area contributed by atoms with Crippen molar-refractivity contribution in [2.75, 3.05) is 13.7 Å². The van der Waals surface area contributed by atoms with Gasteiger partial charge in [0.25, 0.3) is 5.91 Å². The van der Waals surface area contributed by atoms with Gasteiger partial charge in [0.15, 0.2) is 6.61 Å². The molecule has 0 aromatic heterocycles. The van der Waals surface area contributed by atoms with Crippen LogP contribution in [0.1, 0.15) is 10.4 Å². The Morgan fingerprint density at radius 3 is 2.80 bits per heavy atom. The third-order valence-electron chi connectivity index (χ3n) is 1.67. The SMILES string of the molecule is CNC(=O)COC(=O)c1cccc(F)c1. The van der Waals surface area contributed by atoms with Crippen molar-refractivity contribution < 1.29 is 18.7 Å². The van der Waals surface area contributed by atoms with Crippen LogP contribution in [-0.4, -0.2) is 25.5 Å². The first-order chi connectivity index (χ1) is 7.13. The van der Waals surface area contributed by atoms with E-state index in [1.807, 2.05) is 0 Å². The highest BCUT2D eigenvalue weighted by Gasteiger charge is 2.09. The summed E-state index contributed by atoms with van der Waals surface area (Å²) in [6, 6.07) is 5.07. The molecule has 0 atom stereocenters. The molecule has 1 aromatic carbocycles. The third kappa shape index (κ3) is 3.38. The number of hydrogen-bond donors (Lipinski definition) is 1. The largest absolute Gasteiger partial charge is 0.452 e. The molecular weight excluding hydrogens is 201 g/mol. The van der Waals surface area contributed by atoms with E-state index in [-0.39, 0.29) is 12.2 Å². The van der Waals surface area contributed by atoms with E-state index < -0.39 is 17.7 Å². The molecule has 0 spiro atoms. The topological polar surface area (TPSA) is 55.4 Å². The van der Waals surface area contributed by atoms with Crippen molar-refractivity contribution in [2.24, 2.45) is 0 Å². The molecule has 15 heavy (non-hydrogen) atoms. The molecule has 0 saturated carbocycles. The first kappa shape index (κ1) is 11.2. The summed E-state index contributed by atoms with van der Waals surface area (Å²) in [5.41, 5.74) is 0.0823. The summed E-state index contributed by atoms with van der Waals surface area (Å²) in [5, 5.41) is 2.29. The van der Waals surface area contributed by atoms with Gasteiger partial charge in [-0.1, -0.05) is 6.07 Å². The molecule has 0 saturated heterocycles. The Morgan fingerprint density at radius 2 is 2.20 bits per heavy atom. The van der Waals surface area contributed by atoms with Crippen LogP contribution in [0.15, 0.2) is 24.3 Å². The lowest BCUT2D eigenvalue weighted by atomic mass is 10.2. The highest BCUT2D eigenvalue weighted by atomic mass is 19.1. The van der Waals surface area contributed by atoms with Gasteiger partial charge in [0, 0.05) is 7.05 Å². The Balaban J connectivity index is 2.58. The monoisotopic (exact) mass is 211 g/mol. The van der Waals surface area contributed by atoms with E-state index in [0.717, 1.165) is 6.07 Å². The van der Waals surface area contributed by atoms with Gasteiger partial charge < -0.3 is 10.1 Å². The second kappa shape index (κ2) is 5.09. The first-order valence-corrected chi connectivity index (χ1v) is 4.26. The zero-order valence-electron chi connectivity index (χ0n) is 8.12. The second-order valence-electron chi connectivity index (χ2n) is 2.76. The van der Waals surface area contributed by atoms with Gasteiger partial charge in [0.1, 0.15) is 5.82 Å². The fraction of sp³-hybridized carbons (Fsp3) is 0.200. The summed E-state index contributed by atoms with van der Waals surface area (Å²) < 4.78 is 17.3. The van der Waals surface area contributed by atoms with Crippen LogP contribution in [0, 0.1) is 5.82 Å². The summed E-state index contributed by atoms with van der Waals surface area (Å²) >= 11 is 0.